The first-order valence-electron chi connectivity index (χ1n) is 7.07. The van der Waals surface area contributed by atoms with Crippen molar-refractivity contribution in [1.29, 1.82) is 0 Å². The van der Waals surface area contributed by atoms with E-state index in [1.165, 1.54) is 11.3 Å². The van der Waals surface area contributed by atoms with Crippen LogP contribution in [0, 0.1) is 6.92 Å². The van der Waals surface area contributed by atoms with E-state index < -0.39 is 0 Å². The van der Waals surface area contributed by atoms with Crippen molar-refractivity contribution >= 4 is 32.6 Å². The number of fused-ring (bicyclic) bond motifs is 1. The van der Waals surface area contributed by atoms with E-state index in [0.29, 0.717) is 17.3 Å². The van der Waals surface area contributed by atoms with Crippen LogP contribution in [-0.4, -0.2) is 17.5 Å². The number of ether oxygens (including phenoxy) is 1. The van der Waals surface area contributed by atoms with Crippen molar-refractivity contribution in [3.8, 4) is 5.75 Å². The number of nitrogens with zero attached hydrogens (tertiary/aromatic N) is 1. The average molecular weight is 312 g/mol. The molecule has 1 N–H and O–H groups in total. The largest absolute Gasteiger partial charge is 0.494 e. The fourth-order valence-electron chi connectivity index (χ4n) is 2.09. The van der Waals surface area contributed by atoms with Gasteiger partial charge in [0.2, 0.25) is 0 Å². The Morgan fingerprint density at radius 1 is 1.23 bits per heavy atom. The summed E-state index contributed by atoms with van der Waals surface area (Å²) >= 11 is 1.44. The minimum absolute atomic E-state index is 0.149. The van der Waals surface area contributed by atoms with Crippen LogP contribution in [0.25, 0.3) is 10.2 Å². The van der Waals surface area contributed by atoms with Gasteiger partial charge in [-0.2, -0.15) is 0 Å². The smallest absolute Gasteiger partial charge is 0.257 e. The molecule has 0 aliphatic rings. The van der Waals surface area contributed by atoms with E-state index in [1.54, 1.807) is 0 Å². The lowest BCUT2D eigenvalue weighted by atomic mass is 10.1. The van der Waals surface area contributed by atoms with E-state index in [9.17, 15) is 4.79 Å². The Morgan fingerprint density at radius 2 is 2.00 bits per heavy atom. The molecule has 0 aliphatic heterocycles. The van der Waals surface area contributed by atoms with Crippen LogP contribution in [0.15, 0.2) is 42.5 Å². The van der Waals surface area contributed by atoms with Gasteiger partial charge in [-0.15, -0.1) is 0 Å². The zero-order chi connectivity index (χ0) is 15.5. The standard InChI is InChI=1S/C17H16N2O2S/c1-3-21-13-8-9-14-15(10-13)22-17(18-14)19-16(20)12-6-4-11(2)5-7-12/h4-10H,3H2,1-2H3,(H,18,19,20). The summed E-state index contributed by atoms with van der Waals surface area (Å²) in [4.78, 5) is 16.6. The molecule has 0 spiro atoms. The molecule has 0 fully saturated rings. The highest BCUT2D eigenvalue weighted by atomic mass is 32.1. The Morgan fingerprint density at radius 3 is 2.73 bits per heavy atom. The molecule has 0 saturated carbocycles. The molecule has 1 aromatic heterocycles. The number of aromatic nitrogens is 1. The van der Waals surface area contributed by atoms with Gasteiger partial charge in [-0.3, -0.25) is 10.1 Å². The van der Waals surface area contributed by atoms with Crippen LogP contribution in [0.1, 0.15) is 22.8 Å². The van der Waals surface area contributed by atoms with Crippen molar-refractivity contribution in [2.45, 2.75) is 13.8 Å². The van der Waals surface area contributed by atoms with Gasteiger partial charge in [0, 0.05) is 5.56 Å². The molecule has 1 heterocycles. The molecule has 3 rings (SSSR count). The number of hydrogen-bond acceptors (Lipinski definition) is 4. The van der Waals surface area contributed by atoms with Gasteiger partial charge in [0.1, 0.15) is 5.75 Å². The van der Waals surface area contributed by atoms with Crippen LogP contribution in [0.5, 0.6) is 5.75 Å². The maximum Gasteiger partial charge on any atom is 0.257 e. The molecule has 4 nitrogen and oxygen atoms in total. The number of benzene rings is 2. The molecule has 0 unspecified atom stereocenters. The number of amides is 1. The molecule has 5 heteroatoms. The molecule has 0 radical (unpaired) electrons. The maximum atomic E-state index is 12.2. The number of nitrogens with one attached hydrogen (secondary N) is 1. The van der Waals surface area contributed by atoms with Crippen LogP contribution in [0.3, 0.4) is 0 Å². The fourth-order valence-corrected chi connectivity index (χ4v) is 2.98. The van der Waals surface area contributed by atoms with E-state index in [-0.39, 0.29) is 5.91 Å². The minimum atomic E-state index is -0.149. The molecule has 0 saturated heterocycles. The van der Waals surface area contributed by atoms with Crippen molar-refractivity contribution in [3.63, 3.8) is 0 Å². The maximum absolute atomic E-state index is 12.2. The SMILES string of the molecule is CCOc1ccc2nc(NC(=O)c3ccc(C)cc3)sc2c1. The van der Waals surface area contributed by atoms with Crippen LogP contribution >= 0.6 is 11.3 Å². The number of carbonyl (C=O) groups excluding carboxylic acids is 1. The number of carbonyl (C=O) groups is 1. The van der Waals surface area contributed by atoms with E-state index in [1.807, 2.05) is 56.3 Å². The molecular formula is C17H16N2O2S. The zero-order valence-corrected chi connectivity index (χ0v) is 13.2. The quantitative estimate of drug-likeness (QED) is 0.783. The van der Waals surface area contributed by atoms with Gasteiger partial charge in [-0.25, -0.2) is 4.98 Å². The Bertz CT molecular complexity index is 809. The number of anilines is 1. The highest BCUT2D eigenvalue weighted by Crippen LogP contribution is 2.29. The highest BCUT2D eigenvalue weighted by Gasteiger charge is 2.10. The Balaban J connectivity index is 1.81. The number of thiazole rings is 1. The predicted molar refractivity (Wildman–Crippen MR) is 89.9 cm³/mol. The number of hydrogen-bond donors (Lipinski definition) is 1. The second kappa shape index (κ2) is 6.15. The third kappa shape index (κ3) is 3.09. The number of aryl methyl sites for hydroxylation is 1. The molecule has 0 bridgehead atoms. The molecular weight excluding hydrogens is 296 g/mol. The predicted octanol–water partition coefficient (Wildman–Crippen LogP) is 4.26. The molecule has 112 valence electrons. The first-order valence-corrected chi connectivity index (χ1v) is 7.89. The van der Waals surface area contributed by atoms with Crippen LogP contribution in [0.2, 0.25) is 0 Å². The van der Waals surface area contributed by atoms with E-state index in [4.69, 9.17) is 4.74 Å². The highest BCUT2D eigenvalue weighted by molar-refractivity contribution is 7.22. The van der Waals surface area contributed by atoms with Crippen molar-refractivity contribution in [1.82, 2.24) is 4.98 Å². The second-order valence-electron chi connectivity index (χ2n) is 4.90. The van der Waals surface area contributed by atoms with Crippen molar-refractivity contribution < 1.29 is 9.53 Å². The Labute approximate surface area is 132 Å². The molecule has 3 aromatic rings. The number of rotatable bonds is 4. The van der Waals surface area contributed by atoms with Gasteiger partial charge in [-0.05, 0) is 44.2 Å². The van der Waals surface area contributed by atoms with Gasteiger partial charge >= 0.3 is 0 Å². The van der Waals surface area contributed by atoms with E-state index >= 15 is 0 Å². The Hall–Kier alpha value is -2.40. The average Bonchev–Trinajstić information content (AvgIpc) is 2.89. The van der Waals surface area contributed by atoms with Crippen LogP contribution < -0.4 is 10.1 Å². The van der Waals surface area contributed by atoms with Crippen molar-refractivity contribution in [2.24, 2.45) is 0 Å². The summed E-state index contributed by atoms with van der Waals surface area (Å²) in [7, 11) is 0. The molecule has 1 amide bonds. The second-order valence-corrected chi connectivity index (χ2v) is 5.93. The lowest BCUT2D eigenvalue weighted by Gasteiger charge is -2.01. The summed E-state index contributed by atoms with van der Waals surface area (Å²) in [5, 5.41) is 3.44. The van der Waals surface area contributed by atoms with E-state index in [0.717, 1.165) is 21.5 Å². The lowest BCUT2D eigenvalue weighted by Crippen LogP contribution is -2.11. The summed E-state index contributed by atoms with van der Waals surface area (Å²) in [5.74, 6) is 0.666. The summed E-state index contributed by atoms with van der Waals surface area (Å²) in [5.41, 5.74) is 2.60. The van der Waals surface area contributed by atoms with E-state index in [2.05, 4.69) is 10.3 Å². The summed E-state index contributed by atoms with van der Waals surface area (Å²) in [6, 6.07) is 13.2. The third-order valence-corrected chi connectivity index (χ3v) is 4.14. The first kappa shape index (κ1) is 14.5. The molecule has 22 heavy (non-hydrogen) atoms. The van der Waals surface area contributed by atoms with Gasteiger partial charge < -0.3 is 4.74 Å². The van der Waals surface area contributed by atoms with Gasteiger partial charge in [0.05, 0.1) is 16.8 Å². The van der Waals surface area contributed by atoms with Gasteiger partial charge in [-0.1, -0.05) is 29.0 Å². The molecule has 0 atom stereocenters. The minimum Gasteiger partial charge on any atom is -0.494 e. The molecule has 0 aliphatic carbocycles. The third-order valence-electron chi connectivity index (χ3n) is 3.21. The van der Waals surface area contributed by atoms with Crippen molar-refractivity contribution in [2.75, 3.05) is 11.9 Å². The summed E-state index contributed by atoms with van der Waals surface area (Å²) < 4.78 is 6.47. The van der Waals surface area contributed by atoms with Crippen molar-refractivity contribution in [3.05, 3.63) is 53.6 Å². The summed E-state index contributed by atoms with van der Waals surface area (Å²) in [6.07, 6.45) is 0. The van der Waals surface area contributed by atoms with Crippen LogP contribution in [-0.2, 0) is 0 Å². The molecule has 2 aromatic carbocycles. The first-order chi connectivity index (χ1) is 10.7. The zero-order valence-electron chi connectivity index (χ0n) is 12.4. The van der Waals surface area contributed by atoms with Gasteiger partial charge in [0.25, 0.3) is 5.91 Å². The summed E-state index contributed by atoms with van der Waals surface area (Å²) in [6.45, 7) is 4.57. The normalized spacial score (nSPS) is 10.6. The monoisotopic (exact) mass is 312 g/mol. The lowest BCUT2D eigenvalue weighted by molar-refractivity contribution is 0.102. The van der Waals surface area contributed by atoms with Gasteiger partial charge in [0.15, 0.2) is 5.13 Å². The topological polar surface area (TPSA) is 51.2 Å². The fraction of sp³-hybridized carbons (Fsp3) is 0.176. The Kier molecular flexibility index (Phi) is 4.06. The van der Waals surface area contributed by atoms with Crippen LogP contribution in [0.4, 0.5) is 5.13 Å².